The second kappa shape index (κ2) is 11.3. The van der Waals surface area contributed by atoms with Gasteiger partial charge in [0, 0.05) is 49.6 Å². The first-order valence-electron chi connectivity index (χ1n) is 13.5. The fourth-order valence-electron chi connectivity index (χ4n) is 4.96. The number of halogens is 1. The zero-order valence-electron chi connectivity index (χ0n) is 23.1. The first-order chi connectivity index (χ1) is 20.7. The number of sulfone groups is 1. The largest absolute Gasteiger partial charge is 0.369 e. The number of rotatable bonds is 7. The molecule has 1 aliphatic rings. The lowest BCUT2D eigenvalue weighted by atomic mass is 10.1. The Morgan fingerprint density at radius 1 is 0.907 bits per heavy atom. The van der Waals surface area contributed by atoms with Gasteiger partial charge in [-0.15, -0.1) is 0 Å². The van der Waals surface area contributed by atoms with Crippen molar-refractivity contribution < 1.29 is 22.4 Å². The Morgan fingerprint density at radius 3 is 2.44 bits per heavy atom. The average Bonchev–Trinajstić information content (AvgIpc) is 3.68. The minimum atomic E-state index is -4.04. The number of anilines is 3. The minimum absolute atomic E-state index is 0.0847. The second-order valence-electron chi connectivity index (χ2n) is 10.3. The fraction of sp³-hybridized carbons (Fsp3) is 0.167. The Kier molecular flexibility index (Phi) is 7.42. The molecule has 5 aromatic rings. The molecule has 0 atom stereocenters. The van der Waals surface area contributed by atoms with Gasteiger partial charge in [0.1, 0.15) is 5.82 Å². The SMILES string of the molecule is CN1CCN(c2ccc(C(=O)Nc3n[nH]c4ccc(S(=O)(=O)c5cccc(F)c5)cc34)c(NC(=O)c3cc[nH]c3)c2)CC1. The molecule has 13 heteroatoms. The summed E-state index contributed by atoms with van der Waals surface area (Å²) >= 11 is 0. The number of amides is 2. The molecule has 6 rings (SSSR count). The number of carbonyl (C=O) groups is 2. The molecule has 220 valence electrons. The highest BCUT2D eigenvalue weighted by Gasteiger charge is 2.23. The van der Waals surface area contributed by atoms with Crippen LogP contribution in [0.5, 0.6) is 0 Å². The maximum absolute atomic E-state index is 13.8. The van der Waals surface area contributed by atoms with Crippen molar-refractivity contribution in [2.45, 2.75) is 9.79 Å². The smallest absolute Gasteiger partial charge is 0.258 e. The molecule has 1 fully saturated rings. The highest BCUT2D eigenvalue weighted by molar-refractivity contribution is 7.91. The molecular formula is C30H28FN7O4S. The van der Waals surface area contributed by atoms with Gasteiger partial charge in [-0.2, -0.15) is 5.10 Å². The van der Waals surface area contributed by atoms with E-state index in [0.717, 1.165) is 37.9 Å². The maximum atomic E-state index is 13.8. The van der Waals surface area contributed by atoms with Crippen molar-refractivity contribution in [1.82, 2.24) is 20.1 Å². The first kappa shape index (κ1) is 28.1. The number of likely N-dealkylation sites (N-methyl/N-ethyl adjacent to an activating group) is 1. The van der Waals surface area contributed by atoms with Gasteiger partial charge >= 0.3 is 0 Å². The Balaban J connectivity index is 1.32. The molecule has 0 saturated carbocycles. The first-order valence-corrected chi connectivity index (χ1v) is 15.0. The van der Waals surface area contributed by atoms with Crippen LogP contribution >= 0.6 is 0 Å². The molecule has 0 unspecified atom stereocenters. The van der Waals surface area contributed by atoms with E-state index in [4.69, 9.17) is 0 Å². The van der Waals surface area contributed by atoms with Gasteiger partial charge in [0.25, 0.3) is 11.8 Å². The van der Waals surface area contributed by atoms with Crippen LogP contribution in [-0.4, -0.2) is 73.5 Å². The van der Waals surface area contributed by atoms with Crippen LogP contribution in [0.3, 0.4) is 0 Å². The molecule has 0 aliphatic carbocycles. The number of benzene rings is 3. The molecule has 0 bridgehead atoms. The van der Waals surface area contributed by atoms with Crippen LogP contribution in [0, 0.1) is 5.82 Å². The number of aromatic nitrogens is 3. The molecule has 4 N–H and O–H groups in total. The third kappa shape index (κ3) is 5.72. The number of H-pyrrole nitrogens is 2. The number of hydrogen-bond acceptors (Lipinski definition) is 7. The topological polar surface area (TPSA) is 143 Å². The maximum Gasteiger partial charge on any atom is 0.258 e. The van der Waals surface area contributed by atoms with E-state index in [2.05, 4.69) is 42.7 Å². The van der Waals surface area contributed by atoms with Gasteiger partial charge in [-0.1, -0.05) is 6.07 Å². The van der Waals surface area contributed by atoms with Crippen LogP contribution in [0.1, 0.15) is 20.7 Å². The predicted octanol–water partition coefficient (Wildman–Crippen LogP) is 4.12. The molecule has 0 spiro atoms. The Bertz CT molecular complexity index is 1930. The normalized spacial score (nSPS) is 14.1. The molecular weight excluding hydrogens is 573 g/mol. The summed E-state index contributed by atoms with van der Waals surface area (Å²) in [5.41, 5.74) is 2.27. The fourth-order valence-corrected chi connectivity index (χ4v) is 6.27. The lowest BCUT2D eigenvalue weighted by molar-refractivity contribution is 0.102. The molecule has 11 nitrogen and oxygen atoms in total. The number of hydrogen-bond donors (Lipinski definition) is 4. The summed E-state index contributed by atoms with van der Waals surface area (Å²) < 4.78 is 40.2. The van der Waals surface area contributed by atoms with E-state index in [1.165, 1.54) is 36.4 Å². The Labute approximate surface area is 246 Å². The zero-order chi connectivity index (χ0) is 30.1. The van der Waals surface area contributed by atoms with Crippen LogP contribution in [0.25, 0.3) is 10.9 Å². The lowest BCUT2D eigenvalue weighted by Crippen LogP contribution is -2.44. The van der Waals surface area contributed by atoms with Gasteiger partial charge in [-0.05, 0) is 67.7 Å². The molecule has 43 heavy (non-hydrogen) atoms. The zero-order valence-corrected chi connectivity index (χ0v) is 23.9. The van der Waals surface area contributed by atoms with E-state index in [-0.39, 0.29) is 27.1 Å². The quantitative estimate of drug-likeness (QED) is 0.220. The van der Waals surface area contributed by atoms with Crippen molar-refractivity contribution >= 4 is 49.7 Å². The number of piperazine rings is 1. The monoisotopic (exact) mass is 601 g/mol. The van der Waals surface area contributed by atoms with Crippen molar-refractivity contribution in [3.05, 3.63) is 96.1 Å². The summed E-state index contributed by atoms with van der Waals surface area (Å²) in [7, 11) is -1.98. The van der Waals surface area contributed by atoms with E-state index < -0.39 is 21.6 Å². The summed E-state index contributed by atoms with van der Waals surface area (Å²) in [4.78, 5) is 33.6. The van der Waals surface area contributed by atoms with Crippen LogP contribution in [0.2, 0.25) is 0 Å². The summed E-state index contributed by atoms with van der Waals surface area (Å²) in [6, 6.07) is 15.9. The highest BCUT2D eigenvalue weighted by Crippen LogP contribution is 2.30. The third-order valence-electron chi connectivity index (χ3n) is 7.41. The van der Waals surface area contributed by atoms with Gasteiger partial charge in [0.15, 0.2) is 5.82 Å². The summed E-state index contributed by atoms with van der Waals surface area (Å²) in [5.74, 6) is -1.51. The summed E-state index contributed by atoms with van der Waals surface area (Å²) in [6.07, 6.45) is 3.19. The highest BCUT2D eigenvalue weighted by atomic mass is 32.2. The van der Waals surface area contributed by atoms with E-state index in [9.17, 15) is 22.4 Å². The van der Waals surface area contributed by atoms with E-state index in [1.54, 1.807) is 30.6 Å². The summed E-state index contributed by atoms with van der Waals surface area (Å²) in [6.45, 7) is 3.37. The molecule has 1 saturated heterocycles. The average molecular weight is 602 g/mol. The Morgan fingerprint density at radius 2 is 1.70 bits per heavy atom. The number of carbonyl (C=O) groups excluding carboxylic acids is 2. The van der Waals surface area contributed by atoms with E-state index in [0.29, 0.717) is 22.2 Å². The molecule has 1 aliphatic heterocycles. The van der Waals surface area contributed by atoms with Gasteiger partial charge < -0.3 is 25.4 Å². The van der Waals surface area contributed by atoms with Crippen molar-refractivity contribution in [1.29, 1.82) is 0 Å². The van der Waals surface area contributed by atoms with E-state index >= 15 is 0 Å². The Hall–Kier alpha value is -5.01. The minimum Gasteiger partial charge on any atom is -0.369 e. The molecule has 0 radical (unpaired) electrons. The molecule has 2 aromatic heterocycles. The van der Waals surface area contributed by atoms with Crippen molar-refractivity contribution in [3.8, 4) is 0 Å². The van der Waals surface area contributed by atoms with Crippen LogP contribution in [0.4, 0.5) is 21.6 Å². The van der Waals surface area contributed by atoms with Crippen LogP contribution < -0.4 is 15.5 Å². The number of fused-ring (bicyclic) bond motifs is 1. The molecule has 3 heterocycles. The van der Waals surface area contributed by atoms with Gasteiger partial charge in [0.2, 0.25) is 9.84 Å². The van der Waals surface area contributed by atoms with Gasteiger partial charge in [0.05, 0.1) is 32.1 Å². The number of nitrogens with one attached hydrogen (secondary N) is 4. The van der Waals surface area contributed by atoms with Crippen LogP contribution in [0.15, 0.2) is 88.9 Å². The predicted molar refractivity (Wildman–Crippen MR) is 161 cm³/mol. The number of aromatic amines is 2. The van der Waals surface area contributed by atoms with Gasteiger partial charge in [-0.3, -0.25) is 14.7 Å². The van der Waals surface area contributed by atoms with Crippen molar-refractivity contribution in [2.75, 3.05) is 48.8 Å². The molecule has 3 aromatic carbocycles. The third-order valence-corrected chi connectivity index (χ3v) is 9.16. The van der Waals surface area contributed by atoms with Crippen LogP contribution in [-0.2, 0) is 9.84 Å². The number of nitrogens with zero attached hydrogens (tertiary/aromatic N) is 3. The lowest BCUT2D eigenvalue weighted by Gasteiger charge is -2.34. The second-order valence-corrected chi connectivity index (χ2v) is 12.2. The standard InChI is InChI=1S/C30H28FN7O4S/c1-37-11-13-38(14-12-37)21-5-7-24(27(16-21)33-29(39)19-9-10-32-18-19)30(40)34-28-25-17-23(6-8-26(25)35-36-28)43(41,42)22-4-2-3-20(31)15-22/h2-10,15-18,32H,11-14H2,1H3,(H,33,39)(H2,34,35,36,40). The van der Waals surface area contributed by atoms with Crippen molar-refractivity contribution in [2.24, 2.45) is 0 Å². The van der Waals surface area contributed by atoms with Crippen molar-refractivity contribution in [3.63, 3.8) is 0 Å². The van der Waals surface area contributed by atoms with E-state index in [1.807, 2.05) is 6.07 Å². The summed E-state index contributed by atoms with van der Waals surface area (Å²) in [5, 5.41) is 12.9. The van der Waals surface area contributed by atoms with Gasteiger partial charge in [-0.25, -0.2) is 12.8 Å². The molecule has 2 amide bonds.